The van der Waals surface area contributed by atoms with E-state index in [2.05, 4.69) is 19.2 Å². The molecule has 0 saturated heterocycles. The summed E-state index contributed by atoms with van der Waals surface area (Å²) < 4.78 is 19.3. The highest BCUT2D eigenvalue weighted by Crippen LogP contribution is 2.37. The third kappa shape index (κ3) is 1.66. The smallest absolute Gasteiger partial charge is 0.178 e. The van der Waals surface area contributed by atoms with E-state index in [0.29, 0.717) is 5.75 Å². The average Bonchev–Trinajstić information content (AvgIpc) is 2.29. The Balaban J connectivity index is 2.36. The molecule has 2 nitrogen and oxygen atoms in total. The lowest BCUT2D eigenvalue weighted by atomic mass is 9.95. The lowest BCUT2D eigenvalue weighted by Crippen LogP contribution is -2.45. The molecule has 1 aromatic rings. The van der Waals surface area contributed by atoms with Gasteiger partial charge in [-0.15, -0.1) is 0 Å². The van der Waals surface area contributed by atoms with Crippen molar-refractivity contribution < 1.29 is 9.13 Å². The van der Waals surface area contributed by atoms with Gasteiger partial charge in [-0.25, -0.2) is 4.39 Å². The molecule has 0 saturated carbocycles. The summed E-state index contributed by atoms with van der Waals surface area (Å²) in [6, 6.07) is 4.96. The van der Waals surface area contributed by atoms with E-state index in [4.69, 9.17) is 4.74 Å². The largest absolute Gasteiger partial charge is 0.480 e. The fraction of sp³-hybridized carbons (Fsp3) is 0.500. The molecule has 0 unspecified atom stereocenters. The predicted octanol–water partition coefficient (Wildman–Crippen LogP) is 3.19. The van der Waals surface area contributed by atoms with Crippen molar-refractivity contribution in [2.75, 3.05) is 11.9 Å². The Morgan fingerprint density at radius 1 is 1.40 bits per heavy atom. The first-order valence-corrected chi connectivity index (χ1v) is 5.42. The topological polar surface area (TPSA) is 21.3 Å². The summed E-state index contributed by atoms with van der Waals surface area (Å²) in [7, 11) is 0. The summed E-state index contributed by atoms with van der Waals surface area (Å²) in [5.74, 6) is 0.0819. The summed E-state index contributed by atoms with van der Waals surface area (Å²) in [6.45, 7) is 4.88. The molecule has 0 aliphatic carbocycles. The summed E-state index contributed by atoms with van der Waals surface area (Å²) in [5, 5.41) is 3.23. The standard InChI is InChI=1S/C12H16FNO/c1-3-12(4-2)8-14-10-7-5-6-9(13)11(10)15-12/h5-7,14H,3-4,8H2,1-2H3. The number of hydrogen-bond acceptors (Lipinski definition) is 2. The number of hydrogen-bond donors (Lipinski definition) is 1. The van der Waals surface area contributed by atoms with Gasteiger partial charge in [-0.2, -0.15) is 0 Å². The van der Waals surface area contributed by atoms with Crippen LogP contribution in [0.15, 0.2) is 18.2 Å². The van der Waals surface area contributed by atoms with E-state index < -0.39 is 0 Å². The van der Waals surface area contributed by atoms with Gasteiger partial charge in [0.25, 0.3) is 0 Å². The van der Waals surface area contributed by atoms with Crippen molar-refractivity contribution in [2.45, 2.75) is 32.3 Å². The molecule has 1 aromatic carbocycles. The molecule has 2 rings (SSSR count). The average molecular weight is 209 g/mol. The molecule has 1 aliphatic rings. The van der Waals surface area contributed by atoms with Crippen LogP contribution >= 0.6 is 0 Å². The van der Waals surface area contributed by atoms with Gasteiger partial charge in [-0.3, -0.25) is 0 Å². The number of ether oxygens (including phenoxy) is 1. The van der Waals surface area contributed by atoms with Crippen LogP contribution in [0.2, 0.25) is 0 Å². The van der Waals surface area contributed by atoms with Gasteiger partial charge >= 0.3 is 0 Å². The van der Waals surface area contributed by atoms with E-state index >= 15 is 0 Å². The number of anilines is 1. The Hall–Kier alpha value is -1.25. The molecular formula is C12H16FNO. The van der Waals surface area contributed by atoms with Gasteiger partial charge in [0.05, 0.1) is 12.2 Å². The fourth-order valence-corrected chi connectivity index (χ4v) is 1.91. The molecular weight excluding hydrogens is 193 g/mol. The van der Waals surface area contributed by atoms with Crippen molar-refractivity contribution in [1.29, 1.82) is 0 Å². The second kappa shape index (κ2) is 3.72. The zero-order chi connectivity index (χ0) is 10.9. The van der Waals surface area contributed by atoms with Crippen LogP contribution in [0.5, 0.6) is 5.75 Å². The molecule has 1 aliphatic heterocycles. The van der Waals surface area contributed by atoms with Crippen LogP contribution in [0.25, 0.3) is 0 Å². The first-order valence-electron chi connectivity index (χ1n) is 5.42. The van der Waals surface area contributed by atoms with Crippen molar-refractivity contribution in [1.82, 2.24) is 0 Å². The van der Waals surface area contributed by atoms with Gasteiger partial charge in [-0.1, -0.05) is 19.9 Å². The molecule has 82 valence electrons. The molecule has 1 heterocycles. The Bertz CT molecular complexity index is 361. The maximum atomic E-state index is 13.5. The van der Waals surface area contributed by atoms with Crippen LogP contribution in [-0.4, -0.2) is 12.1 Å². The third-order valence-corrected chi connectivity index (χ3v) is 3.18. The van der Waals surface area contributed by atoms with Crippen LogP contribution in [0, 0.1) is 5.82 Å². The van der Waals surface area contributed by atoms with E-state index in [9.17, 15) is 4.39 Å². The summed E-state index contributed by atoms with van der Waals surface area (Å²) in [6.07, 6.45) is 1.76. The van der Waals surface area contributed by atoms with E-state index in [1.807, 2.05) is 6.07 Å². The van der Waals surface area contributed by atoms with Gasteiger partial charge in [-0.05, 0) is 25.0 Å². The molecule has 0 spiro atoms. The molecule has 3 heteroatoms. The van der Waals surface area contributed by atoms with Gasteiger partial charge in [0.15, 0.2) is 11.6 Å². The predicted molar refractivity (Wildman–Crippen MR) is 58.8 cm³/mol. The molecule has 0 bridgehead atoms. The van der Waals surface area contributed by atoms with Crippen LogP contribution in [-0.2, 0) is 0 Å². The van der Waals surface area contributed by atoms with Gasteiger partial charge in [0.2, 0.25) is 0 Å². The minimum Gasteiger partial charge on any atom is -0.480 e. The normalized spacial score (nSPS) is 17.5. The molecule has 15 heavy (non-hydrogen) atoms. The van der Waals surface area contributed by atoms with Crippen molar-refractivity contribution >= 4 is 5.69 Å². The van der Waals surface area contributed by atoms with Crippen LogP contribution in [0.1, 0.15) is 26.7 Å². The Morgan fingerprint density at radius 2 is 2.13 bits per heavy atom. The van der Waals surface area contributed by atoms with E-state index in [1.165, 1.54) is 6.07 Å². The first-order chi connectivity index (χ1) is 7.21. The Morgan fingerprint density at radius 3 is 2.80 bits per heavy atom. The highest BCUT2D eigenvalue weighted by atomic mass is 19.1. The lowest BCUT2D eigenvalue weighted by Gasteiger charge is -2.38. The van der Waals surface area contributed by atoms with Crippen LogP contribution in [0.4, 0.5) is 10.1 Å². The lowest BCUT2D eigenvalue weighted by molar-refractivity contribution is 0.0622. The quantitative estimate of drug-likeness (QED) is 0.807. The molecule has 0 radical (unpaired) electrons. The van der Waals surface area contributed by atoms with E-state index in [1.54, 1.807) is 6.07 Å². The molecule has 0 atom stereocenters. The summed E-state index contributed by atoms with van der Waals surface area (Å²) in [5.41, 5.74) is 0.502. The zero-order valence-corrected chi connectivity index (χ0v) is 9.14. The molecule has 1 N–H and O–H groups in total. The van der Waals surface area contributed by atoms with Gasteiger partial charge in [0.1, 0.15) is 5.60 Å². The Kier molecular flexibility index (Phi) is 2.55. The summed E-state index contributed by atoms with van der Waals surface area (Å²) >= 11 is 0. The molecule has 0 aromatic heterocycles. The second-order valence-electron chi connectivity index (χ2n) is 3.96. The Labute approximate surface area is 89.4 Å². The van der Waals surface area contributed by atoms with Crippen LogP contribution < -0.4 is 10.1 Å². The van der Waals surface area contributed by atoms with Gasteiger partial charge < -0.3 is 10.1 Å². The third-order valence-electron chi connectivity index (χ3n) is 3.18. The minimum absolute atomic E-state index is 0.255. The number of benzene rings is 1. The van der Waals surface area contributed by atoms with Crippen molar-refractivity contribution in [2.24, 2.45) is 0 Å². The minimum atomic E-state index is -0.286. The van der Waals surface area contributed by atoms with E-state index in [-0.39, 0.29) is 11.4 Å². The van der Waals surface area contributed by atoms with Crippen molar-refractivity contribution in [3.8, 4) is 5.75 Å². The highest BCUT2D eigenvalue weighted by molar-refractivity contribution is 5.59. The van der Waals surface area contributed by atoms with Crippen molar-refractivity contribution in [3.63, 3.8) is 0 Å². The maximum absolute atomic E-state index is 13.5. The zero-order valence-electron chi connectivity index (χ0n) is 9.14. The maximum Gasteiger partial charge on any atom is 0.178 e. The summed E-state index contributed by atoms with van der Waals surface area (Å²) in [4.78, 5) is 0. The van der Waals surface area contributed by atoms with Crippen molar-refractivity contribution in [3.05, 3.63) is 24.0 Å². The highest BCUT2D eigenvalue weighted by Gasteiger charge is 2.34. The second-order valence-corrected chi connectivity index (χ2v) is 3.96. The number of fused-ring (bicyclic) bond motifs is 1. The van der Waals surface area contributed by atoms with Crippen LogP contribution in [0.3, 0.4) is 0 Å². The number of halogens is 1. The van der Waals surface area contributed by atoms with Gasteiger partial charge in [0, 0.05) is 0 Å². The van der Waals surface area contributed by atoms with E-state index in [0.717, 1.165) is 25.1 Å². The number of para-hydroxylation sites is 1. The molecule has 0 amide bonds. The number of nitrogens with one attached hydrogen (secondary N) is 1. The molecule has 0 fully saturated rings. The fourth-order valence-electron chi connectivity index (χ4n) is 1.91. The SMILES string of the molecule is CCC1(CC)CNc2cccc(F)c2O1. The number of rotatable bonds is 2. The monoisotopic (exact) mass is 209 g/mol. The first kappa shape index (κ1) is 10.3.